The molecule has 0 aromatic heterocycles. The second kappa shape index (κ2) is 4.82. The SMILES string of the molecule is C=C(C)COC(O)[C@H](F)Br. The van der Waals surface area contributed by atoms with E-state index in [0.29, 0.717) is 0 Å². The molecule has 0 aliphatic rings. The molecule has 0 aliphatic heterocycles. The molecule has 0 radical (unpaired) electrons. The van der Waals surface area contributed by atoms with Crippen LogP contribution in [0.2, 0.25) is 0 Å². The molecule has 0 spiro atoms. The summed E-state index contributed by atoms with van der Waals surface area (Å²) in [7, 11) is 0. The summed E-state index contributed by atoms with van der Waals surface area (Å²) >= 11 is 2.52. The molecule has 2 nitrogen and oxygen atoms in total. The van der Waals surface area contributed by atoms with E-state index in [9.17, 15) is 4.39 Å². The van der Waals surface area contributed by atoms with Crippen molar-refractivity contribution in [2.75, 3.05) is 6.61 Å². The highest BCUT2D eigenvalue weighted by Crippen LogP contribution is 2.08. The van der Waals surface area contributed by atoms with Crippen LogP contribution < -0.4 is 0 Å². The van der Waals surface area contributed by atoms with Gasteiger partial charge in [0.1, 0.15) is 0 Å². The van der Waals surface area contributed by atoms with Crippen molar-refractivity contribution >= 4 is 15.9 Å². The number of hydrogen-bond donors (Lipinski definition) is 1. The second-order valence-electron chi connectivity index (χ2n) is 1.99. The number of aliphatic hydroxyl groups is 1. The van der Waals surface area contributed by atoms with Crippen LogP contribution in [0.25, 0.3) is 0 Å². The van der Waals surface area contributed by atoms with E-state index in [0.717, 1.165) is 5.57 Å². The van der Waals surface area contributed by atoms with Crippen LogP contribution in [0.5, 0.6) is 0 Å². The van der Waals surface area contributed by atoms with Gasteiger partial charge in [-0.3, -0.25) is 0 Å². The highest BCUT2D eigenvalue weighted by Gasteiger charge is 2.13. The lowest BCUT2D eigenvalue weighted by Crippen LogP contribution is -2.20. The molecule has 0 bridgehead atoms. The van der Waals surface area contributed by atoms with Crippen LogP contribution in [-0.4, -0.2) is 23.1 Å². The molecule has 1 N–H and O–H groups in total. The molecule has 0 saturated carbocycles. The maximum absolute atomic E-state index is 12.1. The lowest BCUT2D eigenvalue weighted by molar-refractivity contribution is -0.109. The van der Waals surface area contributed by atoms with E-state index >= 15 is 0 Å². The minimum Gasteiger partial charge on any atom is -0.365 e. The number of aliphatic hydroxyl groups excluding tert-OH is 1. The Labute approximate surface area is 67.8 Å². The molecular formula is C6H10BrFO2. The molecule has 1 unspecified atom stereocenters. The molecule has 60 valence electrons. The minimum absolute atomic E-state index is 0.174. The molecular weight excluding hydrogens is 203 g/mol. The van der Waals surface area contributed by atoms with Crippen LogP contribution >= 0.6 is 15.9 Å². The first kappa shape index (κ1) is 10.1. The lowest BCUT2D eigenvalue weighted by atomic mass is 10.4. The summed E-state index contributed by atoms with van der Waals surface area (Å²) in [5.41, 5.74) is 0.743. The zero-order chi connectivity index (χ0) is 8.15. The fourth-order valence-corrected chi connectivity index (χ4v) is 0.453. The molecule has 0 heterocycles. The fraction of sp³-hybridized carbons (Fsp3) is 0.667. The Hall–Kier alpha value is 0.0700. The van der Waals surface area contributed by atoms with Gasteiger partial charge in [-0.2, -0.15) is 0 Å². The Morgan fingerprint density at radius 1 is 1.90 bits per heavy atom. The van der Waals surface area contributed by atoms with E-state index < -0.39 is 11.4 Å². The Kier molecular flexibility index (Phi) is 4.85. The molecule has 4 heteroatoms. The average molecular weight is 213 g/mol. The van der Waals surface area contributed by atoms with Gasteiger partial charge in [0.2, 0.25) is 5.08 Å². The molecule has 0 amide bonds. The number of rotatable bonds is 4. The van der Waals surface area contributed by atoms with Crippen molar-refractivity contribution in [3.05, 3.63) is 12.2 Å². The van der Waals surface area contributed by atoms with Crippen LogP contribution in [-0.2, 0) is 4.74 Å². The van der Waals surface area contributed by atoms with E-state index in [1.807, 2.05) is 0 Å². The highest BCUT2D eigenvalue weighted by atomic mass is 79.9. The fourth-order valence-electron chi connectivity index (χ4n) is 0.300. The molecule has 0 aromatic carbocycles. The molecule has 0 saturated heterocycles. The summed E-state index contributed by atoms with van der Waals surface area (Å²) in [5.74, 6) is 0. The smallest absolute Gasteiger partial charge is 0.205 e. The summed E-state index contributed by atoms with van der Waals surface area (Å²) in [4.78, 5) is 0. The summed E-state index contributed by atoms with van der Waals surface area (Å²) in [6.45, 7) is 5.42. The van der Waals surface area contributed by atoms with Crippen molar-refractivity contribution in [2.24, 2.45) is 0 Å². The van der Waals surface area contributed by atoms with Crippen LogP contribution in [0.3, 0.4) is 0 Å². The van der Waals surface area contributed by atoms with Gasteiger partial charge in [-0.1, -0.05) is 12.2 Å². The van der Waals surface area contributed by atoms with E-state index in [-0.39, 0.29) is 6.61 Å². The molecule has 0 rings (SSSR count). The Balaban J connectivity index is 3.39. The molecule has 0 aliphatic carbocycles. The van der Waals surface area contributed by atoms with Crippen molar-refractivity contribution in [1.82, 2.24) is 0 Å². The first-order valence-electron chi connectivity index (χ1n) is 2.76. The molecule has 0 aromatic rings. The summed E-state index contributed by atoms with van der Waals surface area (Å²) in [5, 5.41) is 7.15. The van der Waals surface area contributed by atoms with Gasteiger partial charge in [-0.15, -0.1) is 0 Å². The summed E-state index contributed by atoms with van der Waals surface area (Å²) in [6, 6.07) is 0. The number of hydrogen-bond acceptors (Lipinski definition) is 2. The largest absolute Gasteiger partial charge is 0.365 e. The van der Waals surface area contributed by atoms with E-state index in [4.69, 9.17) is 5.11 Å². The van der Waals surface area contributed by atoms with Crippen LogP contribution in [0.4, 0.5) is 4.39 Å². The van der Waals surface area contributed by atoms with Gasteiger partial charge in [0.05, 0.1) is 6.61 Å². The lowest BCUT2D eigenvalue weighted by Gasteiger charge is -2.10. The predicted octanol–water partition coefficient (Wildman–Crippen LogP) is 1.59. The quantitative estimate of drug-likeness (QED) is 0.436. The number of halogens is 2. The minimum atomic E-state index is -1.54. The van der Waals surface area contributed by atoms with Crippen LogP contribution in [0.15, 0.2) is 12.2 Å². The summed E-state index contributed by atoms with van der Waals surface area (Å²) < 4.78 is 16.7. The Morgan fingerprint density at radius 2 is 2.40 bits per heavy atom. The van der Waals surface area contributed by atoms with Crippen LogP contribution in [0.1, 0.15) is 6.92 Å². The number of ether oxygens (including phenoxy) is 1. The zero-order valence-corrected chi connectivity index (χ0v) is 7.27. The third kappa shape index (κ3) is 4.90. The average Bonchev–Trinajstić information content (AvgIpc) is 1.82. The van der Waals surface area contributed by atoms with Crippen molar-refractivity contribution in [1.29, 1.82) is 0 Å². The van der Waals surface area contributed by atoms with Crippen molar-refractivity contribution in [2.45, 2.75) is 18.3 Å². The van der Waals surface area contributed by atoms with Crippen molar-refractivity contribution in [3.63, 3.8) is 0 Å². The monoisotopic (exact) mass is 212 g/mol. The molecule has 2 atom stereocenters. The zero-order valence-electron chi connectivity index (χ0n) is 5.68. The van der Waals surface area contributed by atoms with Gasteiger partial charge in [-0.25, -0.2) is 4.39 Å². The molecule has 10 heavy (non-hydrogen) atoms. The first-order chi connectivity index (χ1) is 4.54. The maximum Gasteiger partial charge on any atom is 0.205 e. The van der Waals surface area contributed by atoms with E-state index in [1.165, 1.54) is 0 Å². The van der Waals surface area contributed by atoms with E-state index in [1.54, 1.807) is 6.92 Å². The maximum atomic E-state index is 12.1. The first-order valence-corrected chi connectivity index (χ1v) is 3.68. The van der Waals surface area contributed by atoms with Crippen LogP contribution in [0, 0.1) is 0 Å². The van der Waals surface area contributed by atoms with Gasteiger partial charge in [0.25, 0.3) is 0 Å². The predicted molar refractivity (Wildman–Crippen MR) is 40.6 cm³/mol. The second-order valence-corrected chi connectivity index (χ2v) is 2.87. The van der Waals surface area contributed by atoms with E-state index in [2.05, 4.69) is 27.2 Å². The Morgan fingerprint density at radius 3 is 2.70 bits per heavy atom. The number of alkyl halides is 2. The third-order valence-corrected chi connectivity index (χ3v) is 1.17. The summed E-state index contributed by atoms with van der Waals surface area (Å²) in [6.07, 6.45) is -1.41. The Bertz CT molecular complexity index is 116. The van der Waals surface area contributed by atoms with Gasteiger partial charge in [-0.05, 0) is 22.9 Å². The standard InChI is InChI=1S/C6H10BrFO2/c1-4(2)3-10-6(9)5(7)8/h5-6,9H,1,3H2,2H3/t5-,6?/m0/s1. The van der Waals surface area contributed by atoms with Gasteiger partial charge in [0.15, 0.2) is 6.29 Å². The molecule has 0 fully saturated rings. The normalized spacial score (nSPS) is 16.4. The highest BCUT2D eigenvalue weighted by molar-refractivity contribution is 9.09. The van der Waals surface area contributed by atoms with Gasteiger partial charge >= 0.3 is 0 Å². The topological polar surface area (TPSA) is 29.5 Å². The third-order valence-electron chi connectivity index (χ3n) is 0.716. The van der Waals surface area contributed by atoms with Crippen molar-refractivity contribution in [3.8, 4) is 0 Å². The van der Waals surface area contributed by atoms with Gasteiger partial charge in [0, 0.05) is 0 Å². The van der Waals surface area contributed by atoms with Gasteiger partial charge < -0.3 is 9.84 Å². The van der Waals surface area contributed by atoms with Crippen molar-refractivity contribution < 1.29 is 14.2 Å².